The molecule has 2 unspecified atom stereocenters. The summed E-state index contributed by atoms with van der Waals surface area (Å²) in [6.45, 7) is 8.40. The van der Waals surface area contributed by atoms with Gasteiger partial charge in [0.2, 0.25) is 0 Å². The molecule has 5 nitrogen and oxygen atoms in total. The summed E-state index contributed by atoms with van der Waals surface area (Å²) in [5.74, 6) is 0. The Morgan fingerprint density at radius 2 is 1.91 bits per heavy atom. The van der Waals surface area contributed by atoms with E-state index >= 15 is 0 Å². The maximum atomic E-state index is 12.2. The van der Waals surface area contributed by atoms with Crippen LogP contribution < -0.4 is 0 Å². The van der Waals surface area contributed by atoms with Gasteiger partial charge < -0.3 is 14.4 Å². The Hall–Kier alpha value is -0.810. The van der Waals surface area contributed by atoms with Gasteiger partial charge in [-0.15, -0.1) is 0 Å². The van der Waals surface area contributed by atoms with Crippen LogP contribution in [0.1, 0.15) is 58.8 Å². The first-order valence-corrected chi connectivity index (χ1v) is 9.41. The maximum absolute atomic E-state index is 12.2. The van der Waals surface area contributed by atoms with Crippen LogP contribution in [0.5, 0.6) is 0 Å². The van der Waals surface area contributed by atoms with Gasteiger partial charge in [0, 0.05) is 24.7 Å². The van der Waals surface area contributed by atoms with Crippen molar-refractivity contribution in [1.82, 2.24) is 9.80 Å². The molecule has 23 heavy (non-hydrogen) atoms. The molecule has 0 N–H and O–H groups in total. The van der Waals surface area contributed by atoms with Gasteiger partial charge in [-0.25, -0.2) is 4.79 Å². The van der Waals surface area contributed by atoms with Gasteiger partial charge in [0.25, 0.3) is 0 Å². The molecule has 0 aliphatic carbocycles. The van der Waals surface area contributed by atoms with Crippen LogP contribution in [0.2, 0.25) is 0 Å². The van der Waals surface area contributed by atoms with Crippen LogP contribution in [0.25, 0.3) is 0 Å². The van der Waals surface area contributed by atoms with Crippen LogP contribution in [-0.4, -0.2) is 66.4 Å². The number of hydrogen-bond acceptors (Lipinski definition) is 4. The van der Waals surface area contributed by atoms with Crippen molar-refractivity contribution >= 4 is 6.09 Å². The highest BCUT2D eigenvalue weighted by Crippen LogP contribution is 2.42. The third-order valence-electron chi connectivity index (χ3n) is 5.73. The van der Waals surface area contributed by atoms with Crippen molar-refractivity contribution in [2.45, 2.75) is 76.5 Å². The SMILES string of the molecule is CC(C)OCC12CCCN1C(COC(=O)N1CCCCC1)CC2. The second kappa shape index (κ2) is 7.39. The van der Waals surface area contributed by atoms with Crippen LogP contribution >= 0.6 is 0 Å². The molecule has 0 bridgehead atoms. The molecule has 3 heterocycles. The number of ether oxygens (including phenoxy) is 2. The minimum absolute atomic E-state index is 0.111. The molecule has 132 valence electrons. The first kappa shape index (κ1) is 17.0. The number of carbonyl (C=O) groups is 1. The Bertz CT molecular complexity index is 409. The fourth-order valence-corrected chi connectivity index (χ4v) is 4.45. The van der Waals surface area contributed by atoms with Gasteiger partial charge in [-0.3, -0.25) is 4.90 Å². The van der Waals surface area contributed by atoms with Crippen molar-refractivity contribution in [3.05, 3.63) is 0 Å². The molecule has 3 fully saturated rings. The number of fused-ring (bicyclic) bond motifs is 1. The highest BCUT2D eigenvalue weighted by Gasteiger charge is 2.49. The van der Waals surface area contributed by atoms with Crippen LogP contribution in [0, 0.1) is 0 Å². The molecular formula is C18H32N2O3. The summed E-state index contributed by atoms with van der Waals surface area (Å²) < 4.78 is 11.6. The van der Waals surface area contributed by atoms with E-state index in [1.807, 2.05) is 4.90 Å². The van der Waals surface area contributed by atoms with E-state index in [1.165, 1.54) is 25.7 Å². The van der Waals surface area contributed by atoms with Gasteiger partial charge in [-0.05, 0) is 65.3 Å². The first-order chi connectivity index (χ1) is 11.1. The number of nitrogens with zero attached hydrogens (tertiary/aromatic N) is 2. The molecular weight excluding hydrogens is 292 g/mol. The van der Waals surface area contributed by atoms with E-state index in [0.717, 1.165) is 45.5 Å². The normalized spacial score (nSPS) is 31.6. The summed E-state index contributed by atoms with van der Waals surface area (Å²) in [6.07, 6.45) is 8.37. The molecule has 0 spiro atoms. The molecule has 0 saturated carbocycles. The van der Waals surface area contributed by atoms with E-state index in [4.69, 9.17) is 9.47 Å². The van der Waals surface area contributed by atoms with Crippen molar-refractivity contribution in [3.8, 4) is 0 Å². The van der Waals surface area contributed by atoms with Crippen LogP contribution in [0.15, 0.2) is 0 Å². The number of amides is 1. The quantitative estimate of drug-likeness (QED) is 0.779. The fourth-order valence-electron chi connectivity index (χ4n) is 4.45. The van der Waals surface area contributed by atoms with Gasteiger partial charge in [0.05, 0.1) is 12.7 Å². The van der Waals surface area contributed by atoms with Crippen molar-refractivity contribution < 1.29 is 14.3 Å². The van der Waals surface area contributed by atoms with E-state index in [1.54, 1.807) is 0 Å². The predicted octanol–water partition coefficient (Wildman–Crippen LogP) is 3.03. The van der Waals surface area contributed by atoms with Crippen LogP contribution in [0.3, 0.4) is 0 Å². The zero-order valence-corrected chi connectivity index (χ0v) is 14.8. The van der Waals surface area contributed by atoms with Crippen molar-refractivity contribution in [3.63, 3.8) is 0 Å². The van der Waals surface area contributed by atoms with Crippen LogP contribution in [-0.2, 0) is 9.47 Å². The summed E-state index contributed by atoms with van der Waals surface area (Å²) >= 11 is 0. The van der Waals surface area contributed by atoms with Crippen LogP contribution in [0.4, 0.5) is 4.79 Å². The van der Waals surface area contributed by atoms with Crippen molar-refractivity contribution in [1.29, 1.82) is 0 Å². The Labute approximate surface area is 140 Å². The largest absolute Gasteiger partial charge is 0.448 e. The second-order valence-corrected chi connectivity index (χ2v) is 7.70. The zero-order chi connectivity index (χ0) is 16.3. The maximum Gasteiger partial charge on any atom is 0.409 e. The monoisotopic (exact) mass is 324 g/mol. The molecule has 1 amide bonds. The van der Waals surface area contributed by atoms with Gasteiger partial charge >= 0.3 is 6.09 Å². The summed E-state index contributed by atoms with van der Waals surface area (Å²) in [6, 6.07) is 0.377. The lowest BCUT2D eigenvalue weighted by Crippen LogP contribution is -2.48. The molecule has 0 radical (unpaired) electrons. The average Bonchev–Trinajstić information content (AvgIpc) is 3.11. The van der Waals surface area contributed by atoms with E-state index in [2.05, 4.69) is 18.7 Å². The number of hydrogen-bond donors (Lipinski definition) is 0. The molecule has 3 aliphatic heterocycles. The topological polar surface area (TPSA) is 42.0 Å². The molecule has 2 atom stereocenters. The highest BCUT2D eigenvalue weighted by atomic mass is 16.6. The van der Waals surface area contributed by atoms with Crippen molar-refractivity contribution in [2.75, 3.05) is 32.8 Å². The average molecular weight is 324 g/mol. The third kappa shape index (κ3) is 3.82. The smallest absolute Gasteiger partial charge is 0.409 e. The molecule has 5 heteroatoms. The summed E-state index contributed by atoms with van der Waals surface area (Å²) in [4.78, 5) is 16.6. The second-order valence-electron chi connectivity index (χ2n) is 7.70. The predicted molar refractivity (Wildman–Crippen MR) is 89.6 cm³/mol. The molecule has 0 aromatic rings. The Morgan fingerprint density at radius 1 is 1.13 bits per heavy atom. The lowest BCUT2D eigenvalue weighted by atomic mass is 9.95. The lowest BCUT2D eigenvalue weighted by Gasteiger charge is -2.35. The molecule has 3 saturated heterocycles. The number of piperidine rings is 1. The minimum atomic E-state index is -0.111. The Kier molecular flexibility index (Phi) is 5.47. The molecule has 3 rings (SSSR count). The van der Waals surface area contributed by atoms with E-state index < -0.39 is 0 Å². The number of carbonyl (C=O) groups excluding carboxylic acids is 1. The molecule has 3 aliphatic rings. The lowest BCUT2D eigenvalue weighted by molar-refractivity contribution is -0.0129. The van der Waals surface area contributed by atoms with Gasteiger partial charge in [0.15, 0.2) is 0 Å². The summed E-state index contributed by atoms with van der Waals surface area (Å²) in [5, 5.41) is 0. The first-order valence-electron chi connectivity index (χ1n) is 9.41. The zero-order valence-electron chi connectivity index (χ0n) is 14.8. The van der Waals surface area contributed by atoms with Gasteiger partial charge in [-0.1, -0.05) is 0 Å². The Balaban J connectivity index is 1.50. The van der Waals surface area contributed by atoms with Gasteiger partial charge in [0.1, 0.15) is 6.61 Å². The highest BCUT2D eigenvalue weighted by molar-refractivity contribution is 5.67. The fraction of sp³-hybridized carbons (Fsp3) is 0.944. The molecule has 0 aromatic heterocycles. The van der Waals surface area contributed by atoms with E-state index in [-0.39, 0.29) is 17.7 Å². The Morgan fingerprint density at radius 3 is 2.65 bits per heavy atom. The van der Waals surface area contributed by atoms with Crippen molar-refractivity contribution in [2.24, 2.45) is 0 Å². The number of likely N-dealkylation sites (tertiary alicyclic amines) is 1. The molecule has 0 aromatic carbocycles. The minimum Gasteiger partial charge on any atom is -0.448 e. The third-order valence-corrected chi connectivity index (χ3v) is 5.73. The van der Waals surface area contributed by atoms with Gasteiger partial charge in [-0.2, -0.15) is 0 Å². The van der Waals surface area contributed by atoms with E-state index in [9.17, 15) is 4.79 Å². The standard InChI is InChI=1S/C18H32N2O3/c1-15(2)23-14-18-8-6-12-20(18)16(7-9-18)13-22-17(21)19-10-4-3-5-11-19/h15-16H,3-14H2,1-2H3. The van der Waals surface area contributed by atoms with E-state index in [0.29, 0.717) is 12.6 Å². The number of rotatable bonds is 5. The summed E-state index contributed by atoms with van der Waals surface area (Å²) in [5.41, 5.74) is 0.201. The summed E-state index contributed by atoms with van der Waals surface area (Å²) in [7, 11) is 0.